The number of carbonyl (C=O) groups is 3. The average molecular weight is 515 g/mol. The summed E-state index contributed by atoms with van der Waals surface area (Å²) in [6.45, 7) is 7.31. The number of benzene rings is 1. The fourth-order valence-corrected chi connectivity index (χ4v) is 7.67. The summed E-state index contributed by atoms with van der Waals surface area (Å²) >= 11 is 1.34. The lowest BCUT2D eigenvalue weighted by atomic mass is 9.65. The lowest BCUT2D eigenvalue weighted by Gasteiger charge is -2.39. The van der Waals surface area contributed by atoms with Gasteiger partial charge in [-0.05, 0) is 55.1 Å². The van der Waals surface area contributed by atoms with E-state index in [1.807, 2.05) is 17.0 Å². The van der Waals surface area contributed by atoms with Crippen molar-refractivity contribution in [2.24, 2.45) is 10.8 Å². The standard InChI is InChI=1S/C29H42N2O4S/c1-28(2)15-22-16-29(3,19-28)20-31(22)26(33)17-35-27(34)23-13-9-10-14-24(23)36-18-25(32)30-21-11-7-5-4-6-8-12-21/h9-10,13-14,21-22H,4-8,11-12,15-20H2,1-3H3,(H,30,32)/t22-,29+/m1/s1. The minimum absolute atomic E-state index is 0.000455. The van der Waals surface area contributed by atoms with Crippen LogP contribution in [-0.2, 0) is 14.3 Å². The Morgan fingerprint density at radius 1 is 1.03 bits per heavy atom. The number of hydrogen-bond donors (Lipinski definition) is 1. The van der Waals surface area contributed by atoms with E-state index in [0.717, 1.165) is 38.6 Å². The Kier molecular flexibility index (Phi) is 8.69. The molecule has 0 radical (unpaired) electrons. The van der Waals surface area contributed by atoms with Crippen LogP contribution in [0.1, 0.15) is 95.3 Å². The average Bonchev–Trinajstić information content (AvgIpc) is 3.06. The molecule has 0 aromatic heterocycles. The van der Waals surface area contributed by atoms with Crippen LogP contribution in [0.2, 0.25) is 0 Å². The molecular formula is C29H42N2O4S. The molecule has 1 aromatic carbocycles. The number of nitrogens with zero attached hydrogens (tertiary/aromatic N) is 1. The van der Waals surface area contributed by atoms with Gasteiger partial charge in [-0.25, -0.2) is 4.79 Å². The maximum absolute atomic E-state index is 13.0. The van der Waals surface area contributed by atoms with Crippen molar-refractivity contribution in [3.8, 4) is 0 Å². The zero-order valence-electron chi connectivity index (χ0n) is 22.1. The van der Waals surface area contributed by atoms with E-state index >= 15 is 0 Å². The number of ether oxygens (including phenoxy) is 1. The molecule has 0 unspecified atom stereocenters. The molecule has 7 heteroatoms. The lowest BCUT2D eigenvalue weighted by molar-refractivity contribution is -0.135. The van der Waals surface area contributed by atoms with Gasteiger partial charge >= 0.3 is 5.97 Å². The van der Waals surface area contributed by atoms with E-state index in [2.05, 4.69) is 26.1 Å². The van der Waals surface area contributed by atoms with Crippen LogP contribution in [0, 0.1) is 10.8 Å². The minimum atomic E-state index is -0.513. The number of rotatable bonds is 7. The van der Waals surface area contributed by atoms with Crippen LogP contribution in [0.4, 0.5) is 0 Å². The SMILES string of the molecule is CC1(C)C[C@@H]2C[C@](C)(CN2C(=O)COC(=O)c2ccccc2SCC(=O)NC2CCCCCCC2)C1. The van der Waals surface area contributed by atoms with Gasteiger partial charge in [0.25, 0.3) is 5.91 Å². The highest BCUT2D eigenvalue weighted by Crippen LogP contribution is 2.52. The van der Waals surface area contributed by atoms with Gasteiger partial charge in [0.2, 0.25) is 5.91 Å². The second-order valence-corrected chi connectivity index (χ2v) is 13.2. The highest BCUT2D eigenvalue weighted by Gasteiger charge is 2.50. The number of esters is 1. The number of thioether (sulfide) groups is 1. The highest BCUT2D eigenvalue weighted by atomic mass is 32.2. The van der Waals surface area contributed by atoms with Gasteiger partial charge in [0.15, 0.2) is 6.61 Å². The van der Waals surface area contributed by atoms with Gasteiger partial charge in [0.1, 0.15) is 0 Å². The lowest BCUT2D eigenvalue weighted by Crippen LogP contribution is -2.39. The maximum Gasteiger partial charge on any atom is 0.339 e. The molecule has 3 aliphatic rings. The summed E-state index contributed by atoms with van der Waals surface area (Å²) < 4.78 is 5.49. The van der Waals surface area contributed by atoms with E-state index < -0.39 is 5.97 Å². The Labute approximate surface area is 220 Å². The van der Waals surface area contributed by atoms with Crippen molar-refractivity contribution in [3.05, 3.63) is 29.8 Å². The van der Waals surface area contributed by atoms with Crippen molar-refractivity contribution in [3.63, 3.8) is 0 Å². The molecule has 1 aliphatic heterocycles. The zero-order chi connectivity index (χ0) is 25.8. The van der Waals surface area contributed by atoms with E-state index in [1.54, 1.807) is 12.1 Å². The Hall–Kier alpha value is -2.02. The van der Waals surface area contributed by atoms with E-state index in [4.69, 9.17) is 4.74 Å². The van der Waals surface area contributed by atoms with Crippen molar-refractivity contribution < 1.29 is 19.1 Å². The molecule has 2 bridgehead atoms. The van der Waals surface area contributed by atoms with Crippen LogP contribution in [-0.4, -0.2) is 53.7 Å². The molecule has 2 atom stereocenters. The van der Waals surface area contributed by atoms with Crippen LogP contribution in [0.3, 0.4) is 0 Å². The van der Waals surface area contributed by atoms with Gasteiger partial charge in [-0.15, -0.1) is 11.8 Å². The first-order valence-corrected chi connectivity index (χ1v) is 14.6. The van der Waals surface area contributed by atoms with E-state index in [-0.39, 0.29) is 47.1 Å². The Balaban J connectivity index is 1.28. The second kappa shape index (κ2) is 11.6. The van der Waals surface area contributed by atoms with Crippen LogP contribution < -0.4 is 5.32 Å². The predicted molar refractivity (Wildman–Crippen MR) is 143 cm³/mol. The largest absolute Gasteiger partial charge is 0.452 e. The molecule has 0 spiro atoms. The minimum Gasteiger partial charge on any atom is -0.452 e. The smallest absolute Gasteiger partial charge is 0.339 e. The second-order valence-electron chi connectivity index (χ2n) is 12.2. The van der Waals surface area contributed by atoms with Crippen LogP contribution >= 0.6 is 11.8 Å². The van der Waals surface area contributed by atoms with Gasteiger partial charge in [0, 0.05) is 23.5 Å². The molecule has 1 saturated heterocycles. The molecule has 3 fully saturated rings. The first-order valence-electron chi connectivity index (χ1n) is 13.6. The summed E-state index contributed by atoms with van der Waals surface area (Å²) in [7, 11) is 0. The Morgan fingerprint density at radius 3 is 2.47 bits per heavy atom. The molecule has 1 N–H and O–H groups in total. The van der Waals surface area contributed by atoms with Gasteiger partial charge in [-0.3, -0.25) is 9.59 Å². The molecule has 4 rings (SSSR count). The topological polar surface area (TPSA) is 75.7 Å². The summed E-state index contributed by atoms with van der Waals surface area (Å²) in [6.07, 6.45) is 11.3. The third kappa shape index (κ3) is 7.05. The number of nitrogens with one attached hydrogen (secondary N) is 1. The summed E-state index contributed by atoms with van der Waals surface area (Å²) in [5, 5.41) is 3.18. The predicted octanol–water partition coefficient (Wildman–Crippen LogP) is 5.59. The van der Waals surface area contributed by atoms with Crippen molar-refractivity contribution in [1.82, 2.24) is 10.2 Å². The molecule has 2 saturated carbocycles. The fourth-order valence-electron chi connectivity index (χ4n) is 6.81. The molecule has 36 heavy (non-hydrogen) atoms. The van der Waals surface area contributed by atoms with E-state index in [1.165, 1.54) is 43.9 Å². The summed E-state index contributed by atoms with van der Waals surface area (Å²) in [4.78, 5) is 41.1. The fraction of sp³-hybridized carbons (Fsp3) is 0.690. The first kappa shape index (κ1) is 27.0. The molecule has 6 nitrogen and oxygen atoms in total. The monoisotopic (exact) mass is 514 g/mol. The quantitative estimate of drug-likeness (QED) is 0.379. The van der Waals surface area contributed by atoms with E-state index in [9.17, 15) is 14.4 Å². The first-order chi connectivity index (χ1) is 17.1. The molecule has 2 aliphatic carbocycles. The Bertz CT molecular complexity index is 956. The normalized spacial score (nSPS) is 26.1. The molecule has 1 heterocycles. The summed E-state index contributed by atoms with van der Waals surface area (Å²) in [5.41, 5.74) is 0.773. The number of likely N-dealkylation sites (tertiary alicyclic amines) is 1. The summed E-state index contributed by atoms with van der Waals surface area (Å²) in [6, 6.07) is 7.65. The van der Waals surface area contributed by atoms with Gasteiger partial charge in [0.05, 0.1) is 11.3 Å². The zero-order valence-corrected chi connectivity index (χ0v) is 23.0. The Morgan fingerprint density at radius 2 is 1.72 bits per heavy atom. The van der Waals surface area contributed by atoms with Crippen LogP contribution in [0.15, 0.2) is 29.2 Å². The van der Waals surface area contributed by atoms with Gasteiger partial charge < -0.3 is 15.0 Å². The van der Waals surface area contributed by atoms with Crippen molar-refractivity contribution in [1.29, 1.82) is 0 Å². The number of amides is 2. The third-order valence-corrected chi connectivity index (χ3v) is 9.07. The van der Waals surface area contributed by atoms with Crippen molar-refractivity contribution in [2.75, 3.05) is 18.9 Å². The maximum atomic E-state index is 13.0. The van der Waals surface area contributed by atoms with E-state index in [0.29, 0.717) is 10.5 Å². The molecule has 2 amide bonds. The number of hydrogen-bond acceptors (Lipinski definition) is 5. The van der Waals surface area contributed by atoms with Crippen molar-refractivity contribution in [2.45, 2.75) is 102 Å². The third-order valence-electron chi connectivity index (χ3n) is 8.00. The molecule has 1 aromatic rings. The molecule has 198 valence electrons. The van der Waals surface area contributed by atoms with Crippen molar-refractivity contribution >= 4 is 29.5 Å². The highest BCUT2D eigenvalue weighted by molar-refractivity contribution is 8.00. The molecular weight excluding hydrogens is 472 g/mol. The number of carbonyl (C=O) groups excluding carboxylic acids is 3. The number of fused-ring (bicyclic) bond motifs is 2. The van der Waals surface area contributed by atoms with Gasteiger partial charge in [-0.2, -0.15) is 0 Å². The van der Waals surface area contributed by atoms with Crippen LogP contribution in [0.25, 0.3) is 0 Å². The summed E-state index contributed by atoms with van der Waals surface area (Å²) in [5.74, 6) is -0.372. The van der Waals surface area contributed by atoms with Gasteiger partial charge in [-0.1, -0.05) is 65.0 Å². The van der Waals surface area contributed by atoms with Crippen LogP contribution in [0.5, 0.6) is 0 Å².